The Morgan fingerprint density at radius 1 is 0.763 bits per heavy atom. The average Bonchev–Trinajstić information content (AvgIpc) is 2.93. The van der Waals surface area contributed by atoms with Crippen molar-refractivity contribution in [3.8, 4) is 0 Å². The summed E-state index contributed by atoms with van der Waals surface area (Å²) in [6.45, 7) is 10.3. The summed E-state index contributed by atoms with van der Waals surface area (Å²) in [4.78, 5) is 0. The molecule has 0 amide bonds. The number of benzene rings is 2. The topological polar surface area (TPSA) is 21.3 Å². The van der Waals surface area contributed by atoms with Crippen LogP contribution in [-0.4, -0.2) is 27.0 Å². The first-order valence-electron chi connectivity index (χ1n) is 16.0. The van der Waals surface area contributed by atoms with Gasteiger partial charge in [-0.05, 0) is 59.4 Å². The second kappa shape index (κ2) is 14.3. The molecule has 2 fully saturated rings. The molecule has 1 aliphatic carbocycles. The van der Waals surface area contributed by atoms with E-state index in [1.54, 1.807) is 0 Å². The first-order chi connectivity index (χ1) is 18.5. The molecule has 0 spiro atoms. The highest BCUT2D eigenvalue weighted by Crippen LogP contribution is 2.40. The van der Waals surface area contributed by atoms with Crippen LogP contribution in [0.4, 0.5) is 0 Å². The Kier molecular flexibility index (Phi) is 11.1. The molecular weight excluding hydrogens is 478 g/mol. The fraction of sp³-hybridized carbons (Fsp3) is 0.657. The van der Waals surface area contributed by atoms with Gasteiger partial charge in [0.25, 0.3) is 8.32 Å². The minimum Gasteiger partial charge on any atom is -0.407 e. The minimum absolute atomic E-state index is 0.0622. The second-order valence-electron chi connectivity index (χ2n) is 13.3. The fourth-order valence-electron chi connectivity index (χ4n) is 7.68. The summed E-state index contributed by atoms with van der Waals surface area (Å²) in [5.74, 6) is 1.95. The zero-order chi connectivity index (χ0) is 26.8. The summed E-state index contributed by atoms with van der Waals surface area (Å²) in [6.07, 6.45) is 18.0. The van der Waals surface area contributed by atoms with E-state index in [0.717, 1.165) is 36.9 Å². The zero-order valence-corrected chi connectivity index (χ0v) is 25.9. The van der Waals surface area contributed by atoms with Crippen LogP contribution in [0.1, 0.15) is 111 Å². The molecular formula is C35H55NOSi. The summed E-state index contributed by atoms with van der Waals surface area (Å²) in [5, 5.41) is 6.97. The van der Waals surface area contributed by atoms with Gasteiger partial charge in [0.15, 0.2) is 0 Å². The number of unbranched alkanes of at least 4 members (excludes halogenated alkanes) is 4. The molecule has 1 N–H and O–H groups in total. The third-order valence-corrected chi connectivity index (χ3v) is 14.7. The van der Waals surface area contributed by atoms with E-state index in [1.165, 1.54) is 87.4 Å². The smallest absolute Gasteiger partial charge is 0.261 e. The number of hydrogen-bond acceptors (Lipinski definition) is 2. The summed E-state index contributed by atoms with van der Waals surface area (Å²) in [6, 6.07) is 23.7. The van der Waals surface area contributed by atoms with Gasteiger partial charge in [-0.2, -0.15) is 0 Å². The predicted molar refractivity (Wildman–Crippen MR) is 167 cm³/mol. The van der Waals surface area contributed by atoms with Crippen molar-refractivity contribution in [1.82, 2.24) is 5.32 Å². The Balaban J connectivity index is 1.27. The third-order valence-electron chi connectivity index (χ3n) is 9.62. The highest BCUT2D eigenvalue weighted by molar-refractivity contribution is 6.99. The molecule has 0 bridgehead atoms. The molecule has 3 heteroatoms. The third kappa shape index (κ3) is 7.20. The van der Waals surface area contributed by atoms with Crippen molar-refractivity contribution in [2.75, 3.05) is 6.61 Å². The van der Waals surface area contributed by atoms with Gasteiger partial charge in [0.1, 0.15) is 0 Å². The molecule has 4 atom stereocenters. The highest BCUT2D eigenvalue weighted by Gasteiger charge is 2.50. The molecule has 1 saturated carbocycles. The molecule has 1 saturated heterocycles. The van der Waals surface area contributed by atoms with E-state index in [2.05, 4.69) is 93.7 Å². The van der Waals surface area contributed by atoms with Crippen molar-refractivity contribution in [2.24, 2.45) is 11.8 Å². The van der Waals surface area contributed by atoms with Crippen LogP contribution in [0.15, 0.2) is 60.7 Å². The monoisotopic (exact) mass is 533 g/mol. The zero-order valence-electron chi connectivity index (χ0n) is 24.9. The summed E-state index contributed by atoms with van der Waals surface area (Å²) in [5.41, 5.74) is 0. The Hall–Kier alpha value is -1.42. The van der Waals surface area contributed by atoms with E-state index in [0.29, 0.717) is 0 Å². The Morgan fingerprint density at radius 2 is 1.42 bits per heavy atom. The Labute approximate surface area is 235 Å². The largest absolute Gasteiger partial charge is 0.407 e. The molecule has 0 aromatic heterocycles. The molecule has 1 heterocycles. The van der Waals surface area contributed by atoms with Crippen molar-refractivity contribution < 1.29 is 4.43 Å². The van der Waals surface area contributed by atoms with Crippen molar-refractivity contribution in [3.05, 3.63) is 60.7 Å². The molecule has 38 heavy (non-hydrogen) atoms. The molecule has 1 aliphatic heterocycles. The van der Waals surface area contributed by atoms with Gasteiger partial charge in [0.05, 0.1) is 0 Å². The first-order valence-corrected chi connectivity index (χ1v) is 17.9. The molecule has 2 aromatic carbocycles. The quantitative estimate of drug-likeness (QED) is 0.207. The van der Waals surface area contributed by atoms with Gasteiger partial charge >= 0.3 is 0 Å². The number of piperidine rings is 1. The predicted octanol–water partition coefficient (Wildman–Crippen LogP) is 8.24. The lowest BCUT2D eigenvalue weighted by molar-refractivity contribution is 0.104. The normalized spacial score (nSPS) is 24.2. The molecule has 2 nitrogen and oxygen atoms in total. The fourth-order valence-corrected chi connectivity index (χ4v) is 12.3. The van der Waals surface area contributed by atoms with Crippen LogP contribution >= 0.6 is 0 Å². The van der Waals surface area contributed by atoms with Crippen molar-refractivity contribution in [1.29, 1.82) is 0 Å². The Bertz CT molecular complexity index is 884. The lowest BCUT2D eigenvalue weighted by Crippen LogP contribution is -2.66. The highest BCUT2D eigenvalue weighted by atomic mass is 28.4. The van der Waals surface area contributed by atoms with E-state index in [-0.39, 0.29) is 5.04 Å². The van der Waals surface area contributed by atoms with Crippen LogP contribution < -0.4 is 15.7 Å². The van der Waals surface area contributed by atoms with E-state index in [4.69, 9.17) is 4.43 Å². The standard InChI is InChI=1S/C35H55NOSi/c1-5-6-10-18-29-19-17-25-34-33(29)27-26-30(36-34)20-11-9-16-28-37-38(35(2,3)4,31-21-12-7-13-22-31)32-23-14-8-15-24-32/h7-8,12-15,21-24,29-30,33-34,36H,5-6,9-11,16-20,25-28H2,1-4H3/t29-,30?,33?,34?/m1/s1. The van der Waals surface area contributed by atoms with Gasteiger partial charge in [-0.3, -0.25) is 0 Å². The number of nitrogens with one attached hydrogen (secondary N) is 1. The first kappa shape index (κ1) is 29.6. The second-order valence-corrected chi connectivity index (χ2v) is 17.6. The van der Waals surface area contributed by atoms with Gasteiger partial charge in [-0.25, -0.2) is 0 Å². The summed E-state index contributed by atoms with van der Waals surface area (Å²) >= 11 is 0. The van der Waals surface area contributed by atoms with E-state index in [1.807, 2.05) is 0 Å². The Morgan fingerprint density at radius 3 is 2.05 bits per heavy atom. The summed E-state index contributed by atoms with van der Waals surface area (Å²) in [7, 11) is -2.39. The minimum atomic E-state index is -2.39. The van der Waals surface area contributed by atoms with Gasteiger partial charge in [-0.15, -0.1) is 0 Å². The molecule has 2 aliphatic rings. The van der Waals surface area contributed by atoms with Crippen LogP contribution in [0.3, 0.4) is 0 Å². The number of fused-ring (bicyclic) bond motifs is 1. The van der Waals surface area contributed by atoms with Gasteiger partial charge in [0, 0.05) is 18.7 Å². The van der Waals surface area contributed by atoms with Crippen LogP contribution in [0, 0.1) is 11.8 Å². The van der Waals surface area contributed by atoms with E-state index in [9.17, 15) is 0 Å². The summed E-state index contributed by atoms with van der Waals surface area (Å²) < 4.78 is 7.10. The lowest BCUT2D eigenvalue weighted by Gasteiger charge is -2.45. The molecule has 2 aromatic rings. The van der Waals surface area contributed by atoms with E-state index >= 15 is 0 Å². The lowest BCUT2D eigenvalue weighted by atomic mass is 9.69. The van der Waals surface area contributed by atoms with Crippen LogP contribution in [0.2, 0.25) is 5.04 Å². The maximum atomic E-state index is 7.10. The van der Waals surface area contributed by atoms with Gasteiger partial charge in [-0.1, -0.05) is 140 Å². The van der Waals surface area contributed by atoms with Crippen molar-refractivity contribution >= 4 is 18.7 Å². The van der Waals surface area contributed by atoms with Crippen LogP contribution in [-0.2, 0) is 4.43 Å². The number of hydrogen-bond donors (Lipinski definition) is 1. The SMILES string of the molecule is CCCCC[C@@H]1CCCC2NC(CCCCCO[Si](c3ccccc3)(c3ccccc3)C(C)(C)C)CCC21. The van der Waals surface area contributed by atoms with Gasteiger partial charge < -0.3 is 9.74 Å². The van der Waals surface area contributed by atoms with Crippen molar-refractivity contribution in [3.63, 3.8) is 0 Å². The molecule has 3 unspecified atom stereocenters. The molecule has 210 valence electrons. The maximum absolute atomic E-state index is 7.10. The van der Waals surface area contributed by atoms with Crippen molar-refractivity contribution in [2.45, 2.75) is 128 Å². The van der Waals surface area contributed by atoms with Gasteiger partial charge in [0.2, 0.25) is 0 Å². The van der Waals surface area contributed by atoms with Crippen LogP contribution in [0.25, 0.3) is 0 Å². The van der Waals surface area contributed by atoms with Crippen LogP contribution in [0.5, 0.6) is 0 Å². The average molecular weight is 534 g/mol. The molecule has 4 rings (SSSR count). The maximum Gasteiger partial charge on any atom is 0.261 e. The number of rotatable bonds is 13. The molecule has 0 radical (unpaired) electrons. The van der Waals surface area contributed by atoms with E-state index < -0.39 is 8.32 Å².